The molecule has 0 saturated heterocycles. The number of nitrogens with zero attached hydrogens (tertiary/aromatic N) is 8. The second-order valence-electron chi connectivity index (χ2n) is 38.6. The van der Waals surface area contributed by atoms with Crippen LogP contribution < -0.4 is 16.4 Å². The molecule has 34 heteroatoms. The topological polar surface area (TPSA) is 316 Å². The number of amides is 6. The van der Waals surface area contributed by atoms with E-state index in [4.69, 9.17) is 54.1 Å². The van der Waals surface area contributed by atoms with Crippen LogP contribution >= 0.6 is 90.7 Å². The fourth-order valence-corrected chi connectivity index (χ4v) is 26.4. The molecule has 4 aliphatic heterocycles. The number of rotatable bonds is 26. The lowest BCUT2D eigenvalue weighted by Gasteiger charge is -2.35. The molecule has 4 unspecified atom stereocenters. The molecule has 4 aliphatic rings. The van der Waals surface area contributed by atoms with Crippen LogP contribution in [0.1, 0.15) is 241 Å². The van der Waals surface area contributed by atoms with Crippen molar-refractivity contribution in [2.45, 2.75) is 275 Å². The lowest BCUT2D eigenvalue weighted by Crippen LogP contribution is -2.44. The van der Waals surface area contributed by atoms with Crippen molar-refractivity contribution in [1.82, 2.24) is 39.5 Å². The molecule has 4 aromatic carbocycles. The summed E-state index contributed by atoms with van der Waals surface area (Å²) in [5.41, 5.74) is 15.5. The summed E-state index contributed by atoms with van der Waals surface area (Å²) in [4.78, 5) is 135. The van der Waals surface area contributed by atoms with Crippen molar-refractivity contribution in [3.8, 4) is 42.3 Å². The highest BCUT2D eigenvalue weighted by Crippen LogP contribution is 2.53. The van der Waals surface area contributed by atoms with Crippen LogP contribution in [0, 0.1) is 0 Å². The first-order chi connectivity index (χ1) is 66.1. The highest BCUT2D eigenvalue weighted by molar-refractivity contribution is 7.24. The summed E-state index contributed by atoms with van der Waals surface area (Å²) in [7, 11) is 5.04. The lowest BCUT2D eigenvalue weighted by atomic mass is 9.95. The molecule has 0 bridgehead atoms. The van der Waals surface area contributed by atoms with Crippen molar-refractivity contribution in [2.75, 3.05) is 71.4 Å². The summed E-state index contributed by atoms with van der Waals surface area (Å²) < 4.78 is 41.8. The number of Topliss-reactive ketones (excluding diaryl/α,β-unsaturated/α-hetero) is 2. The average molecular weight is 2080 g/mol. The SMILES string of the molecule is C.C.C=CC(=O)Nc1sc2c(c1-c1nc3ccccc3s1)CC(C)N(C(=O)OC(C)(C)C)C2.C=CC(=O)Nc1sc2c(c1-c1nc3ccccc3s1)CCN(C(=O)OC(C)(C)C)C2C.COCCCCCC(=O)Cc1sc2c(c1-c1nc3ccccc3s1)CC(C)N(C(=O)OC(C)(C)C)C2.COCCCCCC(=O)Cc1sc2c(c1-c1nc3ccccc3s1)CCN(C(=O)OC(C)(C)C)C2C.COCCN. The predicted octanol–water partition coefficient (Wildman–Crippen LogP) is 26.9. The summed E-state index contributed by atoms with van der Waals surface area (Å²) in [6.45, 7) is 42.6. The number of thiophene rings is 4. The van der Waals surface area contributed by atoms with E-state index < -0.39 is 22.4 Å². The van der Waals surface area contributed by atoms with Gasteiger partial charge in [0, 0.05) is 143 Å². The number of carbonyl (C=O) groups excluding carboxylic acids is 8. The molecule has 760 valence electrons. The monoisotopic (exact) mass is 2070 g/mol. The molecular weight excluding hydrogens is 1940 g/mol. The maximum Gasteiger partial charge on any atom is 0.410 e. The van der Waals surface area contributed by atoms with Crippen LogP contribution in [0.3, 0.4) is 0 Å². The number of fused-ring (bicyclic) bond motifs is 8. The van der Waals surface area contributed by atoms with Crippen LogP contribution in [-0.4, -0.2) is 183 Å². The molecule has 8 aromatic heterocycles. The Labute approximate surface area is 862 Å². The second kappa shape index (κ2) is 50.4. The number of carbonyl (C=O) groups is 8. The minimum atomic E-state index is -0.554. The van der Waals surface area contributed by atoms with Crippen LogP contribution in [0.5, 0.6) is 0 Å². The second-order valence-corrected chi connectivity index (χ2v) is 47.2. The van der Waals surface area contributed by atoms with E-state index in [0.29, 0.717) is 77.9 Å². The van der Waals surface area contributed by atoms with Crippen LogP contribution in [0.25, 0.3) is 83.2 Å². The van der Waals surface area contributed by atoms with E-state index in [9.17, 15) is 38.4 Å². The quantitative estimate of drug-likeness (QED) is 0.0258. The molecule has 0 saturated carbocycles. The van der Waals surface area contributed by atoms with Crippen molar-refractivity contribution >= 4 is 189 Å². The predicted molar refractivity (Wildman–Crippen MR) is 582 cm³/mol. The summed E-state index contributed by atoms with van der Waals surface area (Å²) in [6, 6.07) is 32.0. The van der Waals surface area contributed by atoms with Gasteiger partial charge in [0.25, 0.3) is 0 Å². The molecule has 0 aliphatic carbocycles. The zero-order valence-electron chi connectivity index (χ0n) is 83.2. The van der Waals surface area contributed by atoms with E-state index in [1.165, 1.54) is 46.0 Å². The molecule has 141 heavy (non-hydrogen) atoms. The van der Waals surface area contributed by atoms with Crippen molar-refractivity contribution in [3.05, 3.63) is 174 Å². The Morgan fingerprint density at radius 3 is 1.06 bits per heavy atom. The lowest BCUT2D eigenvalue weighted by molar-refractivity contribution is -0.119. The Bertz CT molecular complexity index is 6170. The van der Waals surface area contributed by atoms with E-state index >= 15 is 0 Å². The Morgan fingerprint density at radius 2 is 0.716 bits per heavy atom. The van der Waals surface area contributed by atoms with E-state index in [1.54, 1.807) is 99.1 Å². The Hall–Kier alpha value is -10.1. The van der Waals surface area contributed by atoms with Gasteiger partial charge < -0.3 is 69.1 Å². The third-order valence-electron chi connectivity index (χ3n) is 23.0. The number of ether oxygens (including phenoxy) is 7. The molecule has 12 aromatic rings. The number of nitrogens with one attached hydrogen (secondary N) is 2. The molecule has 0 radical (unpaired) electrons. The Balaban J connectivity index is 0.000000190. The minimum Gasteiger partial charge on any atom is -0.444 e. The molecule has 6 amide bonds. The van der Waals surface area contributed by atoms with Gasteiger partial charge in [-0.3, -0.25) is 19.2 Å². The largest absolute Gasteiger partial charge is 0.444 e. The van der Waals surface area contributed by atoms with Gasteiger partial charge in [0.15, 0.2) is 0 Å². The van der Waals surface area contributed by atoms with Crippen molar-refractivity contribution < 1.29 is 71.5 Å². The molecule has 4 atom stereocenters. The molecule has 26 nitrogen and oxygen atoms in total. The Morgan fingerprint density at radius 1 is 0.404 bits per heavy atom. The van der Waals surface area contributed by atoms with E-state index in [1.807, 2.05) is 192 Å². The van der Waals surface area contributed by atoms with Gasteiger partial charge in [0.05, 0.1) is 72.6 Å². The number of aromatic nitrogens is 4. The number of para-hydroxylation sites is 4. The number of methoxy groups -OCH3 is 3. The van der Waals surface area contributed by atoms with Crippen molar-refractivity contribution in [2.24, 2.45) is 5.73 Å². The van der Waals surface area contributed by atoms with E-state index in [-0.39, 0.29) is 86.8 Å². The van der Waals surface area contributed by atoms with Crippen LogP contribution in [-0.2, 0) is 104 Å². The van der Waals surface area contributed by atoms with Gasteiger partial charge in [-0.25, -0.2) is 39.1 Å². The number of hydrogen-bond donors (Lipinski definition) is 3. The highest BCUT2D eigenvalue weighted by Gasteiger charge is 2.42. The highest BCUT2D eigenvalue weighted by atomic mass is 32.1. The normalized spacial score (nSPS) is 15.5. The first-order valence-corrected chi connectivity index (χ1v) is 53.7. The fourth-order valence-electron chi connectivity index (χ4n) is 16.6. The first kappa shape index (κ1) is 113. The number of ketones is 2. The maximum atomic E-state index is 13.0. The zero-order valence-corrected chi connectivity index (χ0v) is 89.7. The van der Waals surface area contributed by atoms with Crippen LogP contribution in [0.4, 0.5) is 29.2 Å². The van der Waals surface area contributed by atoms with Gasteiger partial charge in [0.1, 0.15) is 64.0 Å². The van der Waals surface area contributed by atoms with Gasteiger partial charge in [-0.1, -0.05) is 89.4 Å². The number of nitrogens with two attached hydrogens (primary N) is 1. The molecule has 0 spiro atoms. The summed E-state index contributed by atoms with van der Waals surface area (Å²) in [6.07, 6.45) is 11.8. The van der Waals surface area contributed by atoms with Crippen molar-refractivity contribution in [1.29, 1.82) is 0 Å². The molecule has 16 rings (SSSR count). The van der Waals surface area contributed by atoms with Gasteiger partial charge >= 0.3 is 24.4 Å². The standard InChI is InChI=1S/2C28H36N2O4S2.2C23H25N3O3S2.C3H9NO.2CH4/c1-18-25-20(14-15-30(18)27(32)34-28(2,3)4)24(26-29-21-12-8-9-13-22(21)36-26)23(35-25)17-19(31)11-7-6-10-16-33-5;1-18-15-20-24(17-30(18)27(32)34-28(2,3)4)35-23(16-19(31)11-7-6-10-14-33-5)25(20)26-29-21-12-8-9-13-22(21)36-26;1-6-18(27)25-21-19(20-24-15-9-7-8-10-16(15)30-20)14-11-13(2)26(12-17(14)31-21)22(28)29-23(3,4)5;1-6-17(27)25-21-18(20-24-15-9-7-8-10-16(15)30-20)14-11-12-26(13(2)19(14)31-21)22(28)29-23(3,4)5;1-5-3-2-4;;/h2*8-9,12-13,18H,6-7,10-11,14-17H2,1-5H3;2*6-10,13H,1,11-12H2,2-5H3,(H,25,27);2-4H2,1H3;2*1H4. The van der Waals surface area contributed by atoms with Crippen LogP contribution in [0.15, 0.2) is 122 Å². The van der Waals surface area contributed by atoms with Gasteiger partial charge in [-0.15, -0.1) is 90.7 Å². The molecular formula is C107H139N11O15S8. The molecule has 4 N–H and O–H groups in total. The van der Waals surface area contributed by atoms with Crippen molar-refractivity contribution in [3.63, 3.8) is 0 Å². The molecule has 12 heterocycles. The van der Waals surface area contributed by atoms with Crippen LogP contribution in [0.2, 0.25) is 0 Å². The maximum absolute atomic E-state index is 13.0. The average Bonchev–Trinajstić information content (AvgIpc) is 1.61. The Kier molecular flexibility index (Phi) is 40.4. The number of thiazole rings is 4. The summed E-state index contributed by atoms with van der Waals surface area (Å²) in [5.74, 6) is -0.0222. The smallest absolute Gasteiger partial charge is 0.410 e. The third kappa shape index (κ3) is 29.6. The number of benzene rings is 4. The van der Waals surface area contributed by atoms with E-state index in [2.05, 4.69) is 54.5 Å². The third-order valence-corrected chi connectivity index (χ3v) is 32.3. The number of hydrogen-bond acceptors (Lipinski definition) is 28. The van der Waals surface area contributed by atoms with Gasteiger partial charge in [0.2, 0.25) is 11.8 Å². The van der Waals surface area contributed by atoms with Gasteiger partial charge in [-0.05, 0) is 245 Å². The number of anilines is 2. The summed E-state index contributed by atoms with van der Waals surface area (Å²) in [5, 5.41) is 11.1. The zero-order chi connectivity index (χ0) is 101. The van der Waals surface area contributed by atoms with Gasteiger partial charge in [-0.2, -0.15) is 0 Å². The summed E-state index contributed by atoms with van der Waals surface area (Å²) >= 11 is 12.9. The minimum absolute atomic E-state index is 0. The number of unbranched alkanes of at least 4 members (excludes halogenated alkanes) is 4. The molecule has 0 fully saturated rings. The fraction of sp³-hybridized carbons (Fsp3) is 0.477. The first-order valence-electron chi connectivity index (χ1n) is 47.2. The van der Waals surface area contributed by atoms with E-state index in [0.717, 1.165) is 198 Å².